The predicted octanol–water partition coefficient (Wildman–Crippen LogP) is 0.355. The summed E-state index contributed by atoms with van der Waals surface area (Å²) in [4.78, 5) is 20.2. The first-order valence-corrected chi connectivity index (χ1v) is 6.75. The molecule has 0 fully saturated rings. The van der Waals surface area contributed by atoms with E-state index in [0.717, 1.165) is 32.2 Å². The SMILES string of the molecule is COc1cc([N+](=O)[O-])ccc1S(=O)(=O)N[C@H](C)C(=O)O. The summed E-state index contributed by atoms with van der Waals surface area (Å²) in [5, 5.41) is 19.3. The summed E-state index contributed by atoms with van der Waals surface area (Å²) in [6, 6.07) is 1.57. The third kappa shape index (κ3) is 3.42. The molecule has 1 aromatic rings. The number of rotatable bonds is 6. The number of carbonyl (C=O) groups is 1. The van der Waals surface area contributed by atoms with Crippen molar-refractivity contribution in [3.05, 3.63) is 28.3 Å². The molecule has 9 nitrogen and oxygen atoms in total. The highest BCUT2D eigenvalue weighted by molar-refractivity contribution is 7.89. The van der Waals surface area contributed by atoms with Crippen LogP contribution in [0.25, 0.3) is 0 Å². The van der Waals surface area contributed by atoms with E-state index in [9.17, 15) is 23.3 Å². The van der Waals surface area contributed by atoms with Crippen LogP contribution in [0.5, 0.6) is 5.75 Å². The Morgan fingerprint density at radius 2 is 2.10 bits per heavy atom. The molecule has 2 N–H and O–H groups in total. The van der Waals surface area contributed by atoms with E-state index in [0.29, 0.717) is 0 Å². The van der Waals surface area contributed by atoms with Gasteiger partial charge in [-0.3, -0.25) is 14.9 Å². The average molecular weight is 304 g/mol. The van der Waals surface area contributed by atoms with Crippen LogP contribution in [-0.2, 0) is 14.8 Å². The van der Waals surface area contributed by atoms with Crippen molar-refractivity contribution >= 4 is 21.7 Å². The molecule has 0 unspecified atom stereocenters. The maximum Gasteiger partial charge on any atom is 0.321 e. The zero-order valence-electron chi connectivity index (χ0n) is 10.6. The van der Waals surface area contributed by atoms with Crippen molar-refractivity contribution in [3.63, 3.8) is 0 Å². The molecule has 0 heterocycles. The molecule has 0 bridgehead atoms. The molecule has 0 saturated heterocycles. The van der Waals surface area contributed by atoms with Gasteiger partial charge in [-0.2, -0.15) is 4.72 Å². The monoisotopic (exact) mass is 304 g/mol. The largest absolute Gasteiger partial charge is 0.495 e. The summed E-state index contributed by atoms with van der Waals surface area (Å²) >= 11 is 0. The van der Waals surface area contributed by atoms with E-state index in [4.69, 9.17) is 9.84 Å². The second kappa shape index (κ2) is 5.84. The van der Waals surface area contributed by atoms with E-state index >= 15 is 0 Å². The van der Waals surface area contributed by atoms with Gasteiger partial charge in [0.2, 0.25) is 10.0 Å². The number of sulfonamides is 1. The van der Waals surface area contributed by atoms with Gasteiger partial charge in [0.15, 0.2) is 0 Å². The summed E-state index contributed by atoms with van der Waals surface area (Å²) in [5.74, 6) is -1.60. The lowest BCUT2D eigenvalue weighted by Crippen LogP contribution is -2.38. The van der Waals surface area contributed by atoms with Crippen LogP contribution in [0.3, 0.4) is 0 Å². The molecule has 1 rings (SSSR count). The number of nitrogens with zero attached hydrogens (tertiary/aromatic N) is 1. The number of nitro groups is 1. The Hall–Kier alpha value is -2.20. The number of carboxylic acids is 1. The minimum Gasteiger partial charge on any atom is -0.495 e. The van der Waals surface area contributed by atoms with E-state index < -0.39 is 27.0 Å². The number of nitro benzene ring substituents is 1. The summed E-state index contributed by atoms with van der Waals surface area (Å²) < 4.78 is 30.7. The zero-order valence-corrected chi connectivity index (χ0v) is 11.4. The van der Waals surface area contributed by atoms with Crippen molar-refractivity contribution in [1.82, 2.24) is 4.72 Å². The van der Waals surface area contributed by atoms with E-state index in [1.165, 1.54) is 0 Å². The average Bonchev–Trinajstić information content (AvgIpc) is 2.37. The standard InChI is InChI=1S/C10H12N2O7S/c1-6(10(13)14)11-20(17,18)9-4-3-7(12(15)16)5-8(9)19-2/h3-6,11H,1-2H3,(H,13,14)/t6-/m1/s1. The molecule has 0 radical (unpaired) electrons. The molecule has 20 heavy (non-hydrogen) atoms. The van der Waals surface area contributed by atoms with Crippen LogP contribution in [0.2, 0.25) is 0 Å². The molecule has 0 aliphatic heterocycles. The van der Waals surface area contributed by atoms with Gasteiger partial charge in [0, 0.05) is 6.07 Å². The minimum atomic E-state index is -4.17. The molecular formula is C10H12N2O7S. The van der Waals surface area contributed by atoms with Crippen molar-refractivity contribution in [2.45, 2.75) is 17.9 Å². The Balaban J connectivity index is 3.25. The van der Waals surface area contributed by atoms with Crippen LogP contribution < -0.4 is 9.46 Å². The highest BCUT2D eigenvalue weighted by Gasteiger charge is 2.26. The Bertz CT molecular complexity index is 641. The Kier molecular flexibility index (Phi) is 4.63. The first-order valence-electron chi connectivity index (χ1n) is 5.26. The van der Waals surface area contributed by atoms with Gasteiger partial charge in [0.25, 0.3) is 5.69 Å². The first kappa shape index (κ1) is 15.9. The van der Waals surface area contributed by atoms with Gasteiger partial charge in [0.05, 0.1) is 18.1 Å². The van der Waals surface area contributed by atoms with E-state index in [-0.39, 0.29) is 16.3 Å². The van der Waals surface area contributed by atoms with Crippen molar-refractivity contribution in [3.8, 4) is 5.75 Å². The van der Waals surface area contributed by atoms with Gasteiger partial charge in [-0.25, -0.2) is 8.42 Å². The molecule has 0 spiro atoms. The van der Waals surface area contributed by atoms with E-state index in [1.54, 1.807) is 0 Å². The van der Waals surface area contributed by atoms with Gasteiger partial charge >= 0.3 is 5.97 Å². The maximum absolute atomic E-state index is 12.0. The number of carboxylic acid groups (broad SMARTS) is 1. The molecule has 0 aliphatic rings. The van der Waals surface area contributed by atoms with Gasteiger partial charge in [-0.05, 0) is 13.0 Å². The van der Waals surface area contributed by atoms with Crippen molar-refractivity contribution < 1.29 is 28.0 Å². The molecule has 110 valence electrons. The number of hydrogen-bond acceptors (Lipinski definition) is 6. The fraction of sp³-hybridized carbons (Fsp3) is 0.300. The lowest BCUT2D eigenvalue weighted by atomic mass is 10.3. The second-order valence-corrected chi connectivity index (χ2v) is 5.46. The van der Waals surface area contributed by atoms with Gasteiger partial charge < -0.3 is 9.84 Å². The van der Waals surface area contributed by atoms with Crippen LogP contribution in [0.1, 0.15) is 6.92 Å². The van der Waals surface area contributed by atoms with Crippen LogP contribution >= 0.6 is 0 Å². The van der Waals surface area contributed by atoms with Gasteiger partial charge in [0.1, 0.15) is 16.7 Å². The number of hydrogen-bond donors (Lipinski definition) is 2. The lowest BCUT2D eigenvalue weighted by Gasteiger charge is -2.12. The van der Waals surface area contributed by atoms with Crippen LogP contribution in [0.15, 0.2) is 23.1 Å². The fourth-order valence-corrected chi connectivity index (χ4v) is 2.69. The number of aliphatic carboxylic acids is 1. The highest BCUT2D eigenvalue weighted by Crippen LogP contribution is 2.28. The summed E-state index contributed by atoms with van der Waals surface area (Å²) in [5.41, 5.74) is -0.341. The van der Waals surface area contributed by atoms with E-state index in [1.807, 2.05) is 4.72 Å². The van der Waals surface area contributed by atoms with Crippen molar-refractivity contribution in [2.75, 3.05) is 7.11 Å². The second-order valence-electron chi connectivity index (χ2n) is 3.77. The molecule has 0 amide bonds. The Morgan fingerprint density at radius 1 is 1.50 bits per heavy atom. The highest BCUT2D eigenvalue weighted by atomic mass is 32.2. The number of methoxy groups -OCH3 is 1. The van der Waals surface area contributed by atoms with Gasteiger partial charge in [-0.1, -0.05) is 0 Å². The van der Waals surface area contributed by atoms with Crippen molar-refractivity contribution in [2.24, 2.45) is 0 Å². The molecule has 0 saturated carbocycles. The third-order valence-electron chi connectivity index (χ3n) is 2.35. The summed E-state index contributed by atoms with van der Waals surface area (Å²) in [6.45, 7) is 1.15. The molecular weight excluding hydrogens is 292 g/mol. The molecule has 1 aromatic carbocycles. The van der Waals surface area contributed by atoms with E-state index in [2.05, 4.69) is 0 Å². The number of nitrogens with one attached hydrogen (secondary N) is 1. The minimum absolute atomic E-state index is 0.246. The quantitative estimate of drug-likeness (QED) is 0.571. The fourth-order valence-electron chi connectivity index (χ4n) is 1.34. The number of ether oxygens (including phenoxy) is 1. The summed E-state index contributed by atoms with van der Waals surface area (Å²) in [6.07, 6.45) is 0. The third-order valence-corrected chi connectivity index (χ3v) is 3.93. The van der Waals surface area contributed by atoms with Crippen molar-refractivity contribution in [1.29, 1.82) is 0 Å². The molecule has 0 aromatic heterocycles. The zero-order chi connectivity index (χ0) is 15.5. The first-order chi connectivity index (χ1) is 9.19. The van der Waals surface area contributed by atoms with Crippen LogP contribution in [0, 0.1) is 10.1 Å². The van der Waals surface area contributed by atoms with Crippen LogP contribution in [-0.4, -0.2) is 37.6 Å². The molecule has 0 aliphatic carbocycles. The predicted molar refractivity (Wildman–Crippen MR) is 67.1 cm³/mol. The molecule has 1 atom stereocenters. The van der Waals surface area contributed by atoms with Crippen LogP contribution in [0.4, 0.5) is 5.69 Å². The number of benzene rings is 1. The smallest absolute Gasteiger partial charge is 0.321 e. The summed E-state index contributed by atoms with van der Waals surface area (Å²) in [7, 11) is -3.02. The maximum atomic E-state index is 12.0. The lowest BCUT2D eigenvalue weighted by molar-refractivity contribution is -0.385. The Morgan fingerprint density at radius 3 is 2.55 bits per heavy atom. The molecule has 10 heteroatoms. The topological polar surface area (TPSA) is 136 Å². The Labute approximate surface area is 114 Å². The van der Waals surface area contributed by atoms with Gasteiger partial charge in [-0.15, -0.1) is 0 Å². The normalized spacial score (nSPS) is 12.7. The number of non-ortho nitro benzene ring substituents is 1.